The molecule has 0 saturated heterocycles. The van der Waals surface area contributed by atoms with E-state index in [0.717, 1.165) is 17.3 Å². The zero-order valence-electron chi connectivity index (χ0n) is 17.4. The summed E-state index contributed by atoms with van der Waals surface area (Å²) in [7, 11) is 1.61. The topological polar surface area (TPSA) is 84.3 Å². The van der Waals surface area contributed by atoms with Crippen molar-refractivity contribution in [3.63, 3.8) is 0 Å². The van der Waals surface area contributed by atoms with E-state index < -0.39 is 0 Å². The Kier molecular flexibility index (Phi) is 5.47. The van der Waals surface area contributed by atoms with Crippen LogP contribution in [0.5, 0.6) is 0 Å². The molecular formula is C23H17FN4O3S2. The Morgan fingerprint density at radius 2 is 1.94 bits per heavy atom. The van der Waals surface area contributed by atoms with Crippen LogP contribution in [0, 0.1) is 5.82 Å². The summed E-state index contributed by atoms with van der Waals surface area (Å²) in [5.41, 5.74) is 2.43. The summed E-state index contributed by atoms with van der Waals surface area (Å²) in [5.74, 6) is -0.842. The smallest absolute Gasteiger partial charge is 0.263 e. The molecule has 166 valence electrons. The molecule has 0 atom stereocenters. The van der Waals surface area contributed by atoms with Gasteiger partial charge in [0.15, 0.2) is 5.16 Å². The van der Waals surface area contributed by atoms with Crippen LogP contribution >= 0.6 is 23.1 Å². The molecule has 0 spiro atoms. The fourth-order valence-electron chi connectivity index (χ4n) is 3.68. The van der Waals surface area contributed by atoms with Gasteiger partial charge in [-0.25, -0.2) is 9.37 Å². The lowest BCUT2D eigenvalue weighted by Gasteiger charge is -2.29. The highest BCUT2D eigenvalue weighted by Crippen LogP contribution is 2.33. The maximum absolute atomic E-state index is 13.3. The number of fused-ring (bicyclic) bond motifs is 2. The minimum absolute atomic E-state index is 0.0175. The molecule has 10 heteroatoms. The maximum atomic E-state index is 13.3. The van der Waals surface area contributed by atoms with E-state index in [1.165, 1.54) is 32.9 Å². The molecule has 7 nitrogen and oxygen atoms in total. The van der Waals surface area contributed by atoms with E-state index >= 15 is 0 Å². The average Bonchev–Trinajstić information content (AvgIpc) is 3.24. The summed E-state index contributed by atoms with van der Waals surface area (Å²) in [6, 6.07) is 13.1. The number of amides is 2. The van der Waals surface area contributed by atoms with Crippen LogP contribution in [0.1, 0.15) is 0 Å². The number of thiophene rings is 1. The van der Waals surface area contributed by atoms with Crippen molar-refractivity contribution in [2.75, 3.05) is 22.5 Å². The van der Waals surface area contributed by atoms with Gasteiger partial charge in [0, 0.05) is 18.0 Å². The van der Waals surface area contributed by atoms with Crippen molar-refractivity contribution in [1.82, 2.24) is 9.55 Å². The molecule has 1 aliphatic heterocycles. The Morgan fingerprint density at radius 1 is 1.18 bits per heavy atom. The molecule has 3 heterocycles. The fourth-order valence-corrected chi connectivity index (χ4v) is 5.52. The first-order chi connectivity index (χ1) is 15.9. The van der Waals surface area contributed by atoms with Crippen molar-refractivity contribution in [2.45, 2.75) is 5.16 Å². The van der Waals surface area contributed by atoms with Gasteiger partial charge in [-0.1, -0.05) is 36.0 Å². The third kappa shape index (κ3) is 3.91. The number of anilines is 2. The Labute approximate surface area is 195 Å². The van der Waals surface area contributed by atoms with E-state index in [4.69, 9.17) is 0 Å². The van der Waals surface area contributed by atoms with Gasteiger partial charge < -0.3 is 10.2 Å². The van der Waals surface area contributed by atoms with Gasteiger partial charge in [0.05, 0.1) is 22.5 Å². The third-order valence-corrected chi connectivity index (χ3v) is 7.21. The molecule has 2 amide bonds. The molecule has 2 aromatic heterocycles. The van der Waals surface area contributed by atoms with E-state index in [1.807, 2.05) is 5.38 Å². The second-order valence-corrected chi connectivity index (χ2v) is 9.23. The zero-order chi connectivity index (χ0) is 23.1. The number of hydrogen-bond acceptors (Lipinski definition) is 6. The number of hydrogen-bond donors (Lipinski definition) is 1. The highest BCUT2D eigenvalue weighted by Gasteiger charge is 2.27. The lowest BCUT2D eigenvalue weighted by Crippen LogP contribution is -2.43. The van der Waals surface area contributed by atoms with Crippen molar-refractivity contribution in [1.29, 1.82) is 0 Å². The van der Waals surface area contributed by atoms with Gasteiger partial charge in [-0.05, 0) is 29.8 Å². The summed E-state index contributed by atoms with van der Waals surface area (Å²) < 4.78 is 14.7. The van der Waals surface area contributed by atoms with Crippen LogP contribution in [0.25, 0.3) is 21.3 Å². The number of nitrogens with zero attached hydrogens (tertiary/aromatic N) is 3. The Morgan fingerprint density at radius 3 is 2.73 bits per heavy atom. The number of nitrogens with one attached hydrogen (secondary N) is 1. The minimum atomic E-state index is -0.346. The average molecular weight is 481 g/mol. The summed E-state index contributed by atoms with van der Waals surface area (Å²) in [4.78, 5) is 44.7. The van der Waals surface area contributed by atoms with Gasteiger partial charge in [0.25, 0.3) is 5.56 Å². The molecule has 5 rings (SSSR count). The predicted octanol–water partition coefficient (Wildman–Crippen LogP) is 3.88. The zero-order valence-corrected chi connectivity index (χ0v) is 19.0. The monoisotopic (exact) mass is 480 g/mol. The lowest BCUT2D eigenvalue weighted by molar-refractivity contribution is -0.120. The van der Waals surface area contributed by atoms with Gasteiger partial charge in [0.1, 0.15) is 17.2 Å². The Balaban J connectivity index is 1.42. The van der Waals surface area contributed by atoms with Gasteiger partial charge in [-0.3, -0.25) is 19.0 Å². The first-order valence-corrected chi connectivity index (χ1v) is 11.8. The molecule has 0 fully saturated rings. The number of rotatable bonds is 4. The number of thioether (sulfide) groups is 1. The van der Waals surface area contributed by atoms with Crippen LogP contribution in [0.3, 0.4) is 0 Å². The Bertz CT molecular complexity index is 1460. The highest BCUT2D eigenvalue weighted by molar-refractivity contribution is 7.99. The van der Waals surface area contributed by atoms with E-state index in [0.29, 0.717) is 32.3 Å². The number of carbonyl (C=O) groups is 2. The van der Waals surface area contributed by atoms with E-state index in [-0.39, 0.29) is 35.5 Å². The minimum Gasteiger partial charge on any atom is -0.323 e. The van der Waals surface area contributed by atoms with E-state index in [2.05, 4.69) is 10.3 Å². The van der Waals surface area contributed by atoms with Crippen LogP contribution in [0.15, 0.2) is 63.9 Å². The van der Waals surface area contributed by atoms with E-state index in [1.54, 1.807) is 43.4 Å². The summed E-state index contributed by atoms with van der Waals surface area (Å²) in [6.45, 7) is -0.0618. The quantitative estimate of drug-likeness (QED) is 0.354. The fraction of sp³-hybridized carbons (Fsp3) is 0.130. The predicted molar refractivity (Wildman–Crippen MR) is 128 cm³/mol. The van der Waals surface area contributed by atoms with Gasteiger partial charge in [0.2, 0.25) is 11.8 Å². The normalized spacial score (nSPS) is 13.2. The van der Waals surface area contributed by atoms with Crippen molar-refractivity contribution in [3.05, 3.63) is 70.1 Å². The van der Waals surface area contributed by atoms with Crippen molar-refractivity contribution in [2.24, 2.45) is 7.05 Å². The molecule has 0 bridgehead atoms. The number of para-hydroxylation sites is 2. The lowest BCUT2D eigenvalue weighted by atomic mass is 10.1. The molecule has 2 aromatic carbocycles. The highest BCUT2D eigenvalue weighted by atomic mass is 32.2. The van der Waals surface area contributed by atoms with Gasteiger partial charge >= 0.3 is 0 Å². The van der Waals surface area contributed by atoms with Crippen molar-refractivity contribution in [3.8, 4) is 11.1 Å². The molecule has 1 N–H and O–H groups in total. The number of halogens is 1. The second kappa shape index (κ2) is 8.45. The molecule has 0 unspecified atom stereocenters. The van der Waals surface area contributed by atoms with Crippen LogP contribution in [0.4, 0.5) is 15.8 Å². The molecule has 0 radical (unpaired) electrons. The molecular weight excluding hydrogens is 463 g/mol. The SMILES string of the molecule is Cn1c(SCC(=O)N2CC(=O)Nc3ccccc32)nc2scc(-c3ccc(F)cc3)c2c1=O. The van der Waals surface area contributed by atoms with Crippen LogP contribution in [-0.2, 0) is 16.6 Å². The molecule has 1 aliphatic rings. The molecule has 0 aliphatic carbocycles. The van der Waals surface area contributed by atoms with Crippen LogP contribution < -0.4 is 15.8 Å². The number of aromatic nitrogens is 2. The third-order valence-electron chi connectivity index (χ3n) is 5.33. The first kappa shape index (κ1) is 21.4. The number of carbonyl (C=O) groups excluding carboxylic acids is 2. The Hall–Kier alpha value is -3.50. The van der Waals surface area contributed by atoms with Crippen LogP contribution in [-0.4, -0.2) is 33.7 Å². The molecule has 0 saturated carbocycles. The summed E-state index contributed by atoms with van der Waals surface area (Å²) >= 11 is 2.47. The van der Waals surface area contributed by atoms with E-state index in [9.17, 15) is 18.8 Å². The summed E-state index contributed by atoms with van der Waals surface area (Å²) in [5, 5.41) is 5.46. The first-order valence-electron chi connectivity index (χ1n) is 9.98. The molecule has 33 heavy (non-hydrogen) atoms. The van der Waals surface area contributed by atoms with Gasteiger partial charge in [-0.15, -0.1) is 11.3 Å². The van der Waals surface area contributed by atoms with Crippen molar-refractivity contribution >= 4 is 56.5 Å². The van der Waals surface area contributed by atoms with Crippen molar-refractivity contribution < 1.29 is 14.0 Å². The molecule has 4 aromatic rings. The summed E-state index contributed by atoms with van der Waals surface area (Å²) in [6.07, 6.45) is 0. The second-order valence-electron chi connectivity index (χ2n) is 7.43. The number of benzene rings is 2. The maximum Gasteiger partial charge on any atom is 0.263 e. The standard InChI is InChI=1S/C23H17FN4O3S2/c1-27-22(31)20-15(13-6-8-14(24)9-7-13)11-32-21(20)26-23(27)33-12-19(30)28-10-18(29)25-16-4-2-3-5-17(16)28/h2-9,11H,10,12H2,1H3,(H,25,29). The largest absolute Gasteiger partial charge is 0.323 e. The van der Waals surface area contributed by atoms with Crippen LogP contribution in [0.2, 0.25) is 0 Å². The van der Waals surface area contributed by atoms with Gasteiger partial charge in [-0.2, -0.15) is 0 Å².